The van der Waals surface area contributed by atoms with Crippen LogP contribution < -0.4 is 11.2 Å². The summed E-state index contributed by atoms with van der Waals surface area (Å²) < 4.78 is 45.8. The number of benzene rings is 2. The fraction of sp³-hybridized carbons (Fsp3) is 0.200. The van der Waals surface area contributed by atoms with Crippen LogP contribution in [0.25, 0.3) is 22.3 Å². The fourth-order valence-electron chi connectivity index (χ4n) is 3.18. The van der Waals surface area contributed by atoms with Crippen LogP contribution in [0.15, 0.2) is 62.6 Å². The molecule has 4 aromatic rings. The Morgan fingerprint density at radius 1 is 1.00 bits per heavy atom. The summed E-state index contributed by atoms with van der Waals surface area (Å²) >= 11 is 0. The molecule has 0 aliphatic heterocycles. The highest BCUT2D eigenvalue weighted by atomic mass is 19.4. The molecule has 0 radical (unpaired) electrons. The standard InChI is InChI=1S/C20H15F3N4O3/c1-2-26-18(28)14-5-3-4-6-15(14)27(19(26)29)11-16-24-17(25-30-16)12-7-9-13(10-8-12)20(21,22)23/h3-10H,2,11H2,1H3. The summed E-state index contributed by atoms with van der Waals surface area (Å²) in [5.41, 5.74) is -0.921. The SMILES string of the molecule is CCn1c(=O)c2ccccc2n(Cc2nc(-c3ccc(C(F)(F)F)cc3)no2)c1=O. The number of para-hydroxylation sites is 1. The van der Waals surface area contributed by atoms with E-state index < -0.39 is 17.4 Å². The Hall–Kier alpha value is -3.69. The molecule has 0 saturated carbocycles. The number of fused-ring (bicyclic) bond motifs is 1. The van der Waals surface area contributed by atoms with Crippen LogP contribution >= 0.6 is 0 Å². The van der Waals surface area contributed by atoms with Gasteiger partial charge in [-0.25, -0.2) is 4.79 Å². The number of hydrogen-bond donors (Lipinski definition) is 0. The molecule has 0 spiro atoms. The van der Waals surface area contributed by atoms with E-state index >= 15 is 0 Å². The lowest BCUT2D eigenvalue weighted by Gasteiger charge is -2.11. The minimum absolute atomic E-state index is 0.0819. The molecule has 0 aliphatic carbocycles. The van der Waals surface area contributed by atoms with Crippen LogP contribution in [0.2, 0.25) is 0 Å². The van der Waals surface area contributed by atoms with E-state index in [1.54, 1.807) is 31.2 Å². The summed E-state index contributed by atoms with van der Waals surface area (Å²) in [7, 11) is 0. The van der Waals surface area contributed by atoms with Crippen LogP contribution in [0, 0.1) is 0 Å². The van der Waals surface area contributed by atoms with Gasteiger partial charge in [0.15, 0.2) is 0 Å². The van der Waals surface area contributed by atoms with Gasteiger partial charge in [-0.3, -0.25) is 13.9 Å². The van der Waals surface area contributed by atoms with Gasteiger partial charge >= 0.3 is 11.9 Å². The van der Waals surface area contributed by atoms with E-state index in [2.05, 4.69) is 10.1 Å². The molecule has 0 aliphatic rings. The largest absolute Gasteiger partial charge is 0.416 e. The minimum atomic E-state index is -4.44. The summed E-state index contributed by atoms with van der Waals surface area (Å²) in [6.45, 7) is 1.80. The number of alkyl halides is 3. The van der Waals surface area contributed by atoms with E-state index in [0.29, 0.717) is 16.5 Å². The molecular formula is C20H15F3N4O3. The van der Waals surface area contributed by atoms with Gasteiger partial charge in [0, 0.05) is 12.1 Å². The van der Waals surface area contributed by atoms with Crippen LogP contribution in [0.5, 0.6) is 0 Å². The highest BCUT2D eigenvalue weighted by molar-refractivity contribution is 5.77. The summed E-state index contributed by atoms with van der Waals surface area (Å²) in [6, 6.07) is 11.0. The maximum Gasteiger partial charge on any atom is 0.416 e. The van der Waals surface area contributed by atoms with Gasteiger partial charge in [0.2, 0.25) is 11.7 Å². The maximum atomic E-state index is 12.8. The normalized spacial score (nSPS) is 11.9. The zero-order valence-electron chi connectivity index (χ0n) is 15.7. The van der Waals surface area contributed by atoms with E-state index in [9.17, 15) is 22.8 Å². The Morgan fingerprint density at radius 3 is 2.37 bits per heavy atom. The Morgan fingerprint density at radius 2 is 1.70 bits per heavy atom. The van der Waals surface area contributed by atoms with Crippen molar-refractivity contribution in [3.05, 3.63) is 80.8 Å². The number of nitrogens with zero attached hydrogens (tertiary/aromatic N) is 4. The van der Waals surface area contributed by atoms with E-state index in [1.165, 1.54) is 16.7 Å². The molecular weight excluding hydrogens is 401 g/mol. The van der Waals surface area contributed by atoms with Crippen LogP contribution in [0.3, 0.4) is 0 Å². The number of halogens is 3. The predicted molar refractivity (Wildman–Crippen MR) is 102 cm³/mol. The second-order valence-corrected chi connectivity index (χ2v) is 6.52. The van der Waals surface area contributed by atoms with Crippen molar-refractivity contribution < 1.29 is 17.7 Å². The van der Waals surface area contributed by atoms with Crippen molar-refractivity contribution in [3.8, 4) is 11.4 Å². The Kier molecular flexibility index (Phi) is 4.76. The first-order chi connectivity index (χ1) is 14.3. The van der Waals surface area contributed by atoms with Crippen molar-refractivity contribution in [2.45, 2.75) is 26.2 Å². The molecule has 7 nitrogen and oxygen atoms in total. The average molecular weight is 416 g/mol. The third kappa shape index (κ3) is 3.40. The lowest BCUT2D eigenvalue weighted by atomic mass is 10.1. The van der Waals surface area contributed by atoms with Gasteiger partial charge in [-0.2, -0.15) is 18.2 Å². The lowest BCUT2D eigenvalue weighted by molar-refractivity contribution is -0.137. The first kappa shape index (κ1) is 19.6. The Bertz CT molecular complexity index is 1330. The Labute approximate surface area is 167 Å². The molecule has 154 valence electrons. The second kappa shape index (κ2) is 7.29. The van der Waals surface area contributed by atoms with Crippen molar-refractivity contribution in [2.75, 3.05) is 0 Å². The first-order valence-corrected chi connectivity index (χ1v) is 9.02. The first-order valence-electron chi connectivity index (χ1n) is 9.02. The van der Waals surface area contributed by atoms with Gasteiger partial charge in [0.05, 0.1) is 16.5 Å². The lowest BCUT2D eigenvalue weighted by Crippen LogP contribution is -2.39. The van der Waals surface area contributed by atoms with Crippen LogP contribution in [-0.2, 0) is 19.3 Å². The van der Waals surface area contributed by atoms with Crippen LogP contribution in [-0.4, -0.2) is 19.3 Å². The molecule has 0 amide bonds. The molecule has 10 heteroatoms. The van der Waals surface area contributed by atoms with Crippen LogP contribution in [0.1, 0.15) is 18.4 Å². The summed E-state index contributed by atoms with van der Waals surface area (Å²) in [6.07, 6.45) is -4.44. The quantitative estimate of drug-likeness (QED) is 0.510. The molecule has 2 heterocycles. The molecule has 0 unspecified atom stereocenters. The van der Waals surface area contributed by atoms with Crippen molar-refractivity contribution in [1.29, 1.82) is 0 Å². The van der Waals surface area contributed by atoms with E-state index in [-0.39, 0.29) is 30.4 Å². The Balaban J connectivity index is 1.72. The third-order valence-electron chi connectivity index (χ3n) is 4.68. The number of aromatic nitrogens is 4. The minimum Gasteiger partial charge on any atom is -0.337 e. The topological polar surface area (TPSA) is 82.9 Å². The van der Waals surface area contributed by atoms with Gasteiger partial charge in [-0.15, -0.1) is 0 Å². The molecule has 0 saturated heterocycles. The van der Waals surface area contributed by atoms with E-state index in [1.807, 2.05) is 0 Å². The third-order valence-corrected chi connectivity index (χ3v) is 4.68. The molecule has 2 aromatic heterocycles. The monoisotopic (exact) mass is 416 g/mol. The summed E-state index contributed by atoms with van der Waals surface area (Å²) in [5, 5.41) is 4.17. The van der Waals surface area contributed by atoms with Gasteiger partial charge in [0.25, 0.3) is 5.56 Å². The molecule has 2 aromatic carbocycles. The summed E-state index contributed by atoms with van der Waals surface area (Å²) in [4.78, 5) is 29.5. The van der Waals surface area contributed by atoms with Gasteiger partial charge in [-0.05, 0) is 31.2 Å². The second-order valence-electron chi connectivity index (χ2n) is 6.52. The summed E-state index contributed by atoms with van der Waals surface area (Å²) in [5.74, 6) is 0.179. The average Bonchev–Trinajstić information content (AvgIpc) is 3.20. The van der Waals surface area contributed by atoms with E-state index in [0.717, 1.165) is 16.7 Å². The predicted octanol–water partition coefficient (Wildman–Crippen LogP) is 3.30. The van der Waals surface area contributed by atoms with Crippen molar-refractivity contribution in [1.82, 2.24) is 19.3 Å². The highest BCUT2D eigenvalue weighted by Crippen LogP contribution is 2.30. The molecule has 0 bridgehead atoms. The molecule has 4 rings (SSSR count). The molecule has 0 atom stereocenters. The zero-order chi connectivity index (χ0) is 21.5. The van der Waals surface area contributed by atoms with Crippen molar-refractivity contribution in [2.24, 2.45) is 0 Å². The smallest absolute Gasteiger partial charge is 0.337 e. The number of hydrogen-bond acceptors (Lipinski definition) is 5. The molecule has 30 heavy (non-hydrogen) atoms. The molecule has 0 fully saturated rings. The van der Waals surface area contributed by atoms with Crippen LogP contribution in [0.4, 0.5) is 13.2 Å². The fourth-order valence-corrected chi connectivity index (χ4v) is 3.18. The zero-order valence-corrected chi connectivity index (χ0v) is 15.7. The van der Waals surface area contributed by atoms with E-state index in [4.69, 9.17) is 4.52 Å². The van der Waals surface area contributed by atoms with Gasteiger partial charge in [-0.1, -0.05) is 29.4 Å². The van der Waals surface area contributed by atoms with Gasteiger partial charge < -0.3 is 4.52 Å². The van der Waals surface area contributed by atoms with Gasteiger partial charge in [0.1, 0.15) is 6.54 Å². The maximum absolute atomic E-state index is 12.8. The van der Waals surface area contributed by atoms with Crippen molar-refractivity contribution in [3.63, 3.8) is 0 Å². The van der Waals surface area contributed by atoms with Crippen molar-refractivity contribution >= 4 is 10.9 Å². The number of rotatable bonds is 4. The molecule has 0 N–H and O–H groups in total. The highest BCUT2D eigenvalue weighted by Gasteiger charge is 2.30.